The van der Waals surface area contributed by atoms with Crippen molar-refractivity contribution in [3.8, 4) is 0 Å². The maximum Gasteiger partial charge on any atom is 0.255 e. The van der Waals surface area contributed by atoms with Gasteiger partial charge in [-0.3, -0.25) is 9.59 Å². The molecule has 148 valence electrons. The van der Waals surface area contributed by atoms with Crippen molar-refractivity contribution in [2.75, 3.05) is 10.6 Å². The van der Waals surface area contributed by atoms with Crippen molar-refractivity contribution >= 4 is 34.0 Å². The molecule has 4 aromatic rings. The van der Waals surface area contributed by atoms with Gasteiger partial charge < -0.3 is 10.6 Å². The fraction of sp³-hybridized carbons (Fsp3) is 0.0769. The van der Waals surface area contributed by atoms with Crippen LogP contribution in [0.25, 0.3) is 10.8 Å². The van der Waals surface area contributed by atoms with Gasteiger partial charge in [-0.05, 0) is 50.2 Å². The molecular weight excluding hydrogens is 372 g/mol. The highest BCUT2D eigenvalue weighted by atomic mass is 16.2. The lowest BCUT2D eigenvalue weighted by molar-refractivity contribution is 0.101. The van der Waals surface area contributed by atoms with E-state index in [-0.39, 0.29) is 11.8 Å². The molecule has 0 saturated heterocycles. The summed E-state index contributed by atoms with van der Waals surface area (Å²) >= 11 is 0. The minimum atomic E-state index is -0.166. The first-order valence-electron chi connectivity index (χ1n) is 9.79. The van der Waals surface area contributed by atoms with Crippen molar-refractivity contribution in [1.82, 2.24) is 0 Å². The third-order valence-electron chi connectivity index (χ3n) is 4.98. The molecule has 4 aromatic carbocycles. The van der Waals surface area contributed by atoms with Crippen LogP contribution in [-0.2, 0) is 0 Å². The summed E-state index contributed by atoms with van der Waals surface area (Å²) in [6, 6.07) is 26.3. The molecule has 0 heterocycles. The molecule has 0 aliphatic carbocycles. The summed E-state index contributed by atoms with van der Waals surface area (Å²) in [6.45, 7) is 3.91. The number of carbonyl (C=O) groups excluding carboxylic acids is 2. The van der Waals surface area contributed by atoms with Crippen molar-refractivity contribution in [3.63, 3.8) is 0 Å². The average Bonchev–Trinajstić information content (AvgIpc) is 2.74. The Morgan fingerprint density at radius 2 is 0.967 bits per heavy atom. The van der Waals surface area contributed by atoms with Crippen molar-refractivity contribution in [2.24, 2.45) is 0 Å². The Morgan fingerprint density at radius 1 is 0.567 bits per heavy atom. The van der Waals surface area contributed by atoms with E-state index in [1.54, 1.807) is 12.1 Å². The zero-order valence-corrected chi connectivity index (χ0v) is 16.9. The van der Waals surface area contributed by atoms with Crippen LogP contribution in [0.1, 0.15) is 31.8 Å². The summed E-state index contributed by atoms with van der Waals surface area (Å²) in [5.74, 6) is -0.333. The number of fused-ring (bicyclic) bond motifs is 1. The Kier molecular flexibility index (Phi) is 5.31. The first-order valence-corrected chi connectivity index (χ1v) is 9.79. The number of anilines is 2. The second-order valence-corrected chi connectivity index (χ2v) is 7.35. The van der Waals surface area contributed by atoms with Gasteiger partial charge in [0, 0.05) is 33.3 Å². The zero-order valence-electron chi connectivity index (χ0n) is 16.9. The van der Waals surface area contributed by atoms with Crippen LogP contribution in [0.2, 0.25) is 0 Å². The van der Waals surface area contributed by atoms with Crippen LogP contribution >= 0.6 is 0 Å². The van der Waals surface area contributed by atoms with Crippen LogP contribution in [0.3, 0.4) is 0 Å². The summed E-state index contributed by atoms with van der Waals surface area (Å²) in [4.78, 5) is 25.4. The number of nitrogens with one attached hydrogen (secondary N) is 2. The van der Waals surface area contributed by atoms with Gasteiger partial charge in [-0.1, -0.05) is 59.7 Å². The molecule has 2 N–H and O–H groups in total. The predicted octanol–water partition coefficient (Wildman–Crippen LogP) is 5.96. The van der Waals surface area contributed by atoms with Gasteiger partial charge in [-0.25, -0.2) is 0 Å². The molecule has 0 aliphatic heterocycles. The second-order valence-electron chi connectivity index (χ2n) is 7.35. The Balaban J connectivity index is 1.64. The lowest BCUT2D eigenvalue weighted by Crippen LogP contribution is -2.13. The molecule has 0 fully saturated rings. The third kappa shape index (κ3) is 4.08. The third-order valence-corrected chi connectivity index (χ3v) is 4.98. The summed E-state index contributed by atoms with van der Waals surface area (Å²) in [5.41, 5.74) is 4.67. The molecule has 2 amide bonds. The van der Waals surface area contributed by atoms with Crippen molar-refractivity contribution in [3.05, 3.63) is 107 Å². The lowest BCUT2D eigenvalue weighted by Gasteiger charge is -2.13. The van der Waals surface area contributed by atoms with E-state index in [0.29, 0.717) is 22.5 Å². The van der Waals surface area contributed by atoms with Gasteiger partial charge in [0.2, 0.25) is 0 Å². The van der Waals surface area contributed by atoms with Gasteiger partial charge in [-0.15, -0.1) is 0 Å². The summed E-state index contributed by atoms with van der Waals surface area (Å²) in [5, 5.41) is 7.72. The van der Waals surface area contributed by atoms with E-state index in [0.717, 1.165) is 21.9 Å². The summed E-state index contributed by atoms with van der Waals surface area (Å²) in [6.07, 6.45) is 0. The van der Waals surface area contributed by atoms with E-state index in [1.165, 1.54) is 0 Å². The number of hydrogen-bond donors (Lipinski definition) is 2. The van der Waals surface area contributed by atoms with Crippen LogP contribution in [0, 0.1) is 13.8 Å². The molecule has 0 radical (unpaired) electrons. The molecule has 4 rings (SSSR count). The number of carbonyl (C=O) groups is 2. The molecule has 0 spiro atoms. The van der Waals surface area contributed by atoms with Crippen molar-refractivity contribution < 1.29 is 9.59 Å². The van der Waals surface area contributed by atoms with Crippen LogP contribution < -0.4 is 10.6 Å². The standard InChI is InChI=1S/C26H22N2O2/c1-17-7-3-9-19(15-17)25(29)27-23-13-5-12-22-21(23)11-6-14-24(22)28-26(30)20-10-4-8-18(2)16-20/h3-16H,1-2H3,(H,27,29)(H,28,30). The normalized spacial score (nSPS) is 10.6. The summed E-state index contributed by atoms with van der Waals surface area (Å²) < 4.78 is 0. The minimum Gasteiger partial charge on any atom is -0.321 e. The second kappa shape index (κ2) is 8.21. The number of rotatable bonds is 4. The largest absolute Gasteiger partial charge is 0.321 e. The van der Waals surface area contributed by atoms with Gasteiger partial charge in [0.25, 0.3) is 11.8 Å². The number of benzene rings is 4. The lowest BCUT2D eigenvalue weighted by atomic mass is 10.1. The van der Waals surface area contributed by atoms with Gasteiger partial charge in [-0.2, -0.15) is 0 Å². The molecule has 0 aromatic heterocycles. The number of hydrogen-bond acceptors (Lipinski definition) is 2. The molecule has 0 bridgehead atoms. The fourth-order valence-electron chi connectivity index (χ4n) is 3.49. The molecule has 0 unspecified atom stereocenters. The van der Waals surface area contributed by atoms with Gasteiger partial charge in [0.05, 0.1) is 0 Å². The zero-order chi connectivity index (χ0) is 21.1. The molecular formula is C26H22N2O2. The highest BCUT2D eigenvalue weighted by Gasteiger charge is 2.12. The monoisotopic (exact) mass is 394 g/mol. The molecule has 30 heavy (non-hydrogen) atoms. The van der Waals surface area contributed by atoms with Crippen LogP contribution in [0.4, 0.5) is 11.4 Å². The molecule has 4 heteroatoms. The van der Waals surface area contributed by atoms with E-state index in [2.05, 4.69) is 10.6 Å². The average molecular weight is 394 g/mol. The SMILES string of the molecule is Cc1cccc(C(=O)Nc2cccc3c(NC(=O)c4cccc(C)c4)cccc23)c1. The minimum absolute atomic E-state index is 0.166. The predicted molar refractivity (Wildman–Crippen MR) is 122 cm³/mol. The van der Waals surface area contributed by atoms with Gasteiger partial charge in [0.15, 0.2) is 0 Å². The van der Waals surface area contributed by atoms with E-state index in [9.17, 15) is 9.59 Å². The quantitative estimate of drug-likeness (QED) is 0.449. The smallest absolute Gasteiger partial charge is 0.255 e. The number of aryl methyl sites for hydroxylation is 2. The Hall–Kier alpha value is -3.92. The highest BCUT2D eigenvalue weighted by Crippen LogP contribution is 2.30. The molecule has 4 nitrogen and oxygen atoms in total. The van der Waals surface area contributed by atoms with Crippen LogP contribution in [0.5, 0.6) is 0 Å². The number of amides is 2. The van der Waals surface area contributed by atoms with Crippen LogP contribution in [-0.4, -0.2) is 11.8 Å². The molecule has 0 aliphatic rings. The van der Waals surface area contributed by atoms with Crippen LogP contribution in [0.15, 0.2) is 84.9 Å². The Morgan fingerprint density at radius 3 is 1.37 bits per heavy atom. The fourth-order valence-corrected chi connectivity index (χ4v) is 3.49. The maximum absolute atomic E-state index is 12.7. The first-order chi connectivity index (χ1) is 14.5. The van der Waals surface area contributed by atoms with Gasteiger partial charge >= 0.3 is 0 Å². The first kappa shape index (κ1) is 19.4. The molecule has 0 atom stereocenters. The van der Waals surface area contributed by atoms with E-state index in [1.807, 2.05) is 86.6 Å². The Labute approximate surface area is 175 Å². The molecule has 0 saturated carbocycles. The summed E-state index contributed by atoms with van der Waals surface area (Å²) in [7, 11) is 0. The topological polar surface area (TPSA) is 58.2 Å². The highest BCUT2D eigenvalue weighted by molar-refractivity contribution is 6.14. The maximum atomic E-state index is 12.7. The van der Waals surface area contributed by atoms with Crippen molar-refractivity contribution in [1.29, 1.82) is 0 Å². The van der Waals surface area contributed by atoms with Crippen molar-refractivity contribution in [2.45, 2.75) is 13.8 Å². The van der Waals surface area contributed by atoms with Gasteiger partial charge in [0.1, 0.15) is 0 Å². The van der Waals surface area contributed by atoms with E-state index < -0.39 is 0 Å². The van der Waals surface area contributed by atoms with E-state index >= 15 is 0 Å². The van der Waals surface area contributed by atoms with E-state index in [4.69, 9.17) is 0 Å². The Bertz CT molecular complexity index is 1160.